The van der Waals surface area contributed by atoms with Crippen LogP contribution in [0.4, 0.5) is 5.69 Å². The molecule has 1 aromatic heterocycles. The van der Waals surface area contributed by atoms with E-state index in [2.05, 4.69) is 4.98 Å². The van der Waals surface area contributed by atoms with Crippen LogP contribution >= 0.6 is 0 Å². The highest BCUT2D eigenvalue weighted by Gasteiger charge is 2.10. The van der Waals surface area contributed by atoms with Gasteiger partial charge in [-0.1, -0.05) is 0 Å². The topological polar surface area (TPSA) is 102 Å². The van der Waals surface area contributed by atoms with Crippen LogP contribution in [0.3, 0.4) is 0 Å². The number of nitrogens with two attached hydrogens (primary N) is 1. The quantitative estimate of drug-likeness (QED) is 0.536. The molecule has 0 bridgehead atoms. The van der Waals surface area contributed by atoms with E-state index in [0.29, 0.717) is 18.7 Å². The summed E-state index contributed by atoms with van der Waals surface area (Å²) in [6, 6.07) is 2.74. The Hall–Kier alpha value is -1.53. The smallest absolute Gasteiger partial charge is 0.287 e. The van der Waals surface area contributed by atoms with E-state index in [1.807, 2.05) is 0 Å². The third-order valence-electron chi connectivity index (χ3n) is 1.76. The molecule has 0 saturated heterocycles. The van der Waals surface area contributed by atoms with Crippen molar-refractivity contribution in [3.63, 3.8) is 0 Å². The summed E-state index contributed by atoms with van der Waals surface area (Å²) in [4.78, 5) is 13.5. The number of hydrogen-bond acceptors (Lipinski definition) is 5. The molecular formula is C8H11N3O3. The van der Waals surface area contributed by atoms with Gasteiger partial charge in [-0.25, -0.2) is 0 Å². The number of hydrogen-bond donors (Lipinski definition) is 2. The number of pyridine rings is 1. The molecule has 3 N–H and O–H groups in total. The van der Waals surface area contributed by atoms with Gasteiger partial charge in [0, 0.05) is 6.07 Å². The van der Waals surface area contributed by atoms with Crippen molar-refractivity contribution in [1.29, 1.82) is 0 Å². The summed E-state index contributed by atoms with van der Waals surface area (Å²) in [6.07, 6.45) is 0.765. The molecule has 0 spiro atoms. The lowest BCUT2D eigenvalue weighted by Crippen LogP contribution is -2.08. The number of rotatable bonds is 4. The monoisotopic (exact) mass is 197 g/mol. The molecule has 1 aromatic rings. The Morgan fingerprint density at radius 3 is 2.79 bits per heavy atom. The van der Waals surface area contributed by atoms with E-state index in [1.165, 1.54) is 12.1 Å². The number of aliphatic hydroxyl groups excluding tert-OH is 1. The first-order valence-corrected chi connectivity index (χ1v) is 4.13. The predicted octanol–water partition coefficient (Wildman–Crippen LogP) is 0.372. The highest BCUT2D eigenvalue weighted by Crippen LogP contribution is 2.16. The highest BCUT2D eigenvalue weighted by molar-refractivity contribution is 5.27. The number of aromatic nitrogens is 1. The van der Waals surface area contributed by atoms with Gasteiger partial charge in [-0.05, 0) is 19.0 Å². The molecule has 0 aromatic carbocycles. The first kappa shape index (κ1) is 10.6. The summed E-state index contributed by atoms with van der Waals surface area (Å²) in [6.45, 7) is 0.347. The number of nitro groups is 1. The van der Waals surface area contributed by atoms with E-state index in [4.69, 9.17) is 5.73 Å². The van der Waals surface area contributed by atoms with Gasteiger partial charge in [-0.3, -0.25) is 15.1 Å². The van der Waals surface area contributed by atoms with Gasteiger partial charge in [0.25, 0.3) is 5.69 Å². The van der Waals surface area contributed by atoms with Gasteiger partial charge in [-0.15, -0.1) is 0 Å². The second kappa shape index (κ2) is 4.64. The van der Waals surface area contributed by atoms with Crippen LogP contribution in [0.1, 0.15) is 18.2 Å². The molecule has 6 nitrogen and oxygen atoms in total. The molecule has 0 unspecified atom stereocenters. The molecule has 0 radical (unpaired) electrons. The van der Waals surface area contributed by atoms with Crippen LogP contribution in [0.25, 0.3) is 0 Å². The minimum absolute atomic E-state index is 0.0892. The predicted molar refractivity (Wildman–Crippen MR) is 49.5 cm³/mol. The molecule has 1 atom stereocenters. The van der Waals surface area contributed by atoms with Crippen molar-refractivity contribution in [2.45, 2.75) is 12.5 Å². The molecule has 0 aliphatic rings. The Balaban J connectivity index is 2.77. The lowest BCUT2D eigenvalue weighted by Gasteiger charge is -2.06. The third kappa shape index (κ3) is 2.48. The molecule has 0 aliphatic carbocycles. The van der Waals surface area contributed by atoms with Crippen LogP contribution in [0.5, 0.6) is 0 Å². The van der Waals surface area contributed by atoms with Crippen molar-refractivity contribution in [3.8, 4) is 0 Å². The maximum Gasteiger partial charge on any atom is 0.287 e. The van der Waals surface area contributed by atoms with Gasteiger partial charge < -0.3 is 10.8 Å². The van der Waals surface area contributed by atoms with Crippen molar-refractivity contribution in [2.24, 2.45) is 5.73 Å². The molecule has 1 rings (SSSR count). The second-order valence-electron chi connectivity index (χ2n) is 2.79. The number of aliphatic hydroxyl groups is 1. The van der Waals surface area contributed by atoms with Crippen LogP contribution in [-0.2, 0) is 0 Å². The zero-order valence-corrected chi connectivity index (χ0v) is 7.46. The molecular weight excluding hydrogens is 186 g/mol. The van der Waals surface area contributed by atoms with Gasteiger partial charge in [0.1, 0.15) is 6.20 Å². The minimum Gasteiger partial charge on any atom is -0.387 e. The van der Waals surface area contributed by atoms with E-state index in [0.717, 1.165) is 6.20 Å². The van der Waals surface area contributed by atoms with Crippen molar-refractivity contribution in [3.05, 3.63) is 34.1 Å². The molecule has 1 heterocycles. The summed E-state index contributed by atoms with van der Waals surface area (Å²) in [5.74, 6) is 0. The summed E-state index contributed by atoms with van der Waals surface area (Å²) in [7, 11) is 0. The van der Waals surface area contributed by atoms with E-state index in [9.17, 15) is 15.2 Å². The van der Waals surface area contributed by atoms with Gasteiger partial charge in [-0.2, -0.15) is 0 Å². The Labute approximate surface area is 80.5 Å². The van der Waals surface area contributed by atoms with E-state index >= 15 is 0 Å². The number of nitrogens with zero attached hydrogens (tertiary/aromatic N) is 2. The minimum atomic E-state index is -0.749. The zero-order chi connectivity index (χ0) is 10.6. The van der Waals surface area contributed by atoms with E-state index in [1.54, 1.807) is 0 Å². The van der Waals surface area contributed by atoms with Crippen molar-refractivity contribution < 1.29 is 10.0 Å². The maximum absolute atomic E-state index is 10.3. The van der Waals surface area contributed by atoms with Crippen molar-refractivity contribution in [1.82, 2.24) is 4.98 Å². The van der Waals surface area contributed by atoms with Crippen LogP contribution in [0, 0.1) is 10.1 Å². The van der Waals surface area contributed by atoms with Crippen molar-refractivity contribution in [2.75, 3.05) is 6.54 Å². The summed E-state index contributed by atoms with van der Waals surface area (Å²) < 4.78 is 0. The van der Waals surface area contributed by atoms with Gasteiger partial charge in [0.2, 0.25) is 0 Å². The van der Waals surface area contributed by atoms with Crippen LogP contribution in [0.15, 0.2) is 18.3 Å². The molecule has 76 valence electrons. The van der Waals surface area contributed by atoms with Crippen LogP contribution in [-0.4, -0.2) is 21.6 Å². The molecule has 0 amide bonds. The van der Waals surface area contributed by atoms with E-state index < -0.39 is 11.0 Å². The first-order chi connectivity index (χ1) is 6.65. The summed E-state index contributed by atoms with van der Waals surface area (Å²) in [5, 5.41) is 19.7. The Bertz CT molecular complexity index is 312. The van der Waals surface area contributed by atoms with Crippen LogP contribution in [0.2, 0.25) is 0 Å². The standard InChI is InChI=1S/C8H11N3O3/c9-4-3-8(12)7-2-1-6(5-10-7)11(13)14/h1-2,5,8,12H,3-4,9H2/t8-/m1/s1. The SMILES string of the molecule is NCC[C@@H](O)c1ccc([N+](=O)[O-])cn1. The molecule has 14 heavy (non-hydrogen) atoms. The Kier molecular flexibility index (Phi) is 3.49. The van der Waals surface area contributed by atoms with E-state index in [-0.39, 0.29) is 5.69 Å². The molecule has 6 heteroatoms. The fraction of sp³-hybridized carbons (Fsp3) is 0.375. The normalized spacial score (nSPS) is 12.4. The Morgan fingerprint density at radius 2 is 2.36 bits per heavy atom. The van der Waals surface area contributed by atoms with Gasteiger partial charge in [0.15, 0.2) is 0 Å². The molecule has 0 fully saturated rings. The summed E-state index contributed by atoms with van der Waals surface area (Å²) >= 11 is 0. The summed E-state index contributed by atoms with van der Waals surface area (Å²) in [5.41, 5.74) is 5.56. The fourth-order valence-corrected chi connectivity index (χ4v) is 1.01. The molecule has 0 aliphatic heterocycles. The fourth-order valence-electron chi connectivity index (χ4n) is 1.01. The zero-order valence-electron chi connectivity index (χ0n) is 7.46. The largest absolute Gasteiger partial charge is 0.387 e. The highest BCUT2D eigenvalue weighted by atomic mass is 16.6. The molecule has 0 saturated carbocycles. The lowest BCUT2D eigenvalue weighted by atomic mass is 10.1. The third-order valence-corrected chi connectivity index (χ3v) is 1.76. The second-order valence-corrected chi connectivity index (χ2v) is 2.79. The van der Waals surface area contributed by atoms with Gasteiger partial charge in [0.05, 0.1) is 16.7 Å². The lowest BCUT2D eigenvalue weighted by molar-refractivity contribution is -0.385. The average Bonchev–Trinajstić information content (AvgIpc) is 2.18. The van der Waals surface area contributed by atoms with Gasteiger partial charge >= 0.3 is 0 Å². The van der Waals surface area contributed by atoms with Crippen molar-refractivity contribution >= 4 is 5.69 Å². The average molecular weight is 197 g/mol. The maximum atomic E-state index is 10.3. The van der Waals surface area contributed by atoms with Crippen LogP contribution < -0.4 is 5.73 Å². The Morgan fingerprint density at radius 1 is 1.64 bits per heavy atom. The first-order valence-electron chi connectivity index (χ1n) is 4.13.